The highest BCUT2D eigenvalue weighted by Gasteiger charge is 2.50. The van der Waals surface area contributed by atoms with Crippen molar-refractivity contribution in [2.45, 2.75) is 44.4 Å². The Bertz CT molecular complexity index is 185. The summed E-state index contributed by atoms with van der Waals surface area (Å²) in [6, 6.07) is 0.133. The van der Waals surface area contributed by atoms with Gasteiger partial charge in [-0.1, -0.05) is 0 Å². The molecular formula is C8H15NO3. The summed E-state index contributed by atoms with van der Waals surface area (Å²) in [7, 11) is 0. The van der Waals surface area contributed by atoms with Gasteiger partial charge in [0.15, 0.2) is 0 Å². The Labute approximate surface area is 71.6 Å². The molecule has 3 N–H and O–H groups in total. The first kappa shape index (κ1) is 9.48. The fourth-order valence-corrected chi connectivity index (χ4v) is 1.65. The van der Waals surface area contributed by atoms with Gasteiger partial charge in [0, 0.05) is 18.9 Å². The standard InChI is InChI=1S/C8H15NO3/c1-5(2)9-8(7(11)12)3-6(10)4-8/h5-6,9-10H,3-4H2,1-2H3,(H,11,12). The van der Waals surface area contributed by atoms with Crippen LogP contribution in [0.5, 0.6) is 0 Å². The number of aliphatic hydroxyl groups excluding tert-OH is 1. The summed E-state index contributed by atoms with van der Waals surface area (Å²) < 4.78 is 0. The molecule has 0 saturated heterocycles. The average molecular weight is 173 g/mol. The van der Waals surface area contributed by atoms with E-state index in [-0.39, 0.29) is 6.04 Å². The van der Waals surface area contributed by atoms with E-state index in [4.69, 9.17) is 10.2 Å². The molecule has 0 aromatic carbocycles. The van der Waals surface area contributed by atoms with E-state index >= 15 is 0 Å². The number of hydrogen-bond acceptors (Lipinski definition) is 3. The van der Waals surface area contributed by atoms with Crippen molar-refractivity contribution in [1.82, 2.24) is 5.32 Å². The van der Waals surface area contributed by atoms with Gasteiger partial charge >= 0.3 is 5.97 Å². The molecule has 1 fully saturated rings. The molecule has 4 nitrogen and oxygen atoms in total. The molecule has 0 aromatic rings. The van der Waals surface area contributed by atoms with Crippen molar-refractivity contribution in [3.63, 3.8) is 0 Å². The van der Waals surface area contributed by atoms with Crippen molar-refractivity contribution in [2.75, 3.05) is 0 Å². The van der Waals surface area contributed by atoms with E-state index in [1.165, 1.54) is 0 Å². The van der Waals surface area contributed by atoms with Gasteiger partial charge in [0.05, 0.1) is 6.10 Å². The van der Waals surface area contributed by atoms with Crippen LogP contribution in [0.2, 0.25) is 0 Å². The molecule has 1 saturated carbocycles. The molecular weight excluding hydrogens is 158 g/mol. The molecule has 4 heteroatoms. The third kappa shape index (κ3) is 1.59. The van der Waals surface area contributed by atoms with E-state index in [9.17, 15) is 4.79 Å². The molecule has 0 spiro atoms. The van der Waals surface area contributed by atoms with E-state index in [1.54, 1.807) is 0 Å². The second-order valence-corrected chi connectivity index (χ2v) is 3.75. The number of aliphatic carboxylic acids is 1. The first-order valence-corrected chi connectivity index (χ1v) is 4.15. The third-order valence-corrected chi connectivity index (χ3v) is 2.14. The van der Waals surface area contributed by atoms with Gasteiger partial charge in [-0.15, -0.1) is 0 Å². The number of carboxylic acid groups (broad SMARTS) is 1. The van der Waals surface area contributed by atoms with Crippen LogP contribution in [-0.4, -0.2) is 33.9 Å². The van der Waals surface area contributed by atoms with Gasteiger partial charge in [-0.2, -0.15) is 0 Å². The maximum absolute atomic E-state index is 10.8. The van der Waals surface area contributed by atoms with E-state index in [1.807, 2.05) is 13.8 Å². The predicted octanol–water partition coefficient (Wildman–Crippen LogP) is -0.0375. The van der Waals surface area contributed by atoms with Crippen molar-refractivity contribution in [1.29, 1.82) is 0 Å². The summed E-state index contributed by atoms with van der Waals surface area (Å²) in [5.74, 6) is -0.860. The van der Waals surface area contributed by atoms with Crippen LogP contribution in [0.3, 0.4) is 0 Å². The smallest absolute Gasteiger partial charge is 0.324 e. The Balaban J connectivity index is 2.57. The largest absolute Gasteiger partial charge is 0.480 e. The summed E-state index contributed by atoms with van der Waals surface area (Å²) in [6.07, 6.45) is 0.188. The van der Waals surface area contributed by atoms with Crippen molar-refractivity contribution in [3.8, 4) is 0 Å². The Morgan fingerprint density at radius 1 is 1.58 bits per heavy atom. The summed E-state index contributed by atoms with van der Waals surface area (Å²) in [4.78, 5) is 10.8. The highest BCUT2D eigenvalue weighted by Crippen LogP contribution is 2.32. The maximum Gasteiger partial charge on any atom is 0.324 e. The van der Waals surface area contributed by atoms with Crippen LogP contribution in [-0.2, 0) is 4.79 Å². The molecule has 70 valence electrons. The number of aliphatic hydroxyl groups is 1. The van der Waals surface area contributed by atoms with Crippen LogP contribution in [0.4, 0.5) is 0 Å². The second-order valence-electron chi connectivity index (χ2n) is 3.75. The van der Waals surface area contributed by atoms with Crippen molar-refractivity contribution >= 4 is 5.97 Å². The molecule has 1 rings (SSSR count). The van der Waals surface area contributed by atoms with E-state index in [0.29, 0.717) is 12.8 Å². The average Bonchev–Trinajstić information content (AvgIpc) is 1.81. The topological polar surface area (TPSA) is 69.6 Å². The molecule has 0 aromatic heterocycles. The lowest BCUT2D eigenvalue weighted by atomic mass is 9.74. The first-order chi connectivity index (χ1) is 5.46. The summed E-state index contributed by atoms with van der Waals surface area (Å²) >= 11 is 0. The predicted molar refractivity (Wildman–Crippen MR) is 43.9 cm³/mol. The molecule has 12 heavy (non-hydrogen) atoms. The lowest BCUT2D eigenvalue weighted by Gasteiger charge is -2.43. The summed E-state index contributed by atoms with van der Waals surface area (Å²) in [6.45, 7) is 3.80. The lowest BCUT2D eigenvalue weighted by molar-refractivity contribution is -0.155. The minimum Gasteiger partial charge on any atom is -0.480 e. The summed E-state index contributed by atoms with van der Waals surface area (Å²) in [5, 5.41) is 20.9. The molecule has 1 aliphatic carbocycles. The van der Waals surface area contributed by atoms with E-state index < -0.39 is 17.6 Å². The van der Waals surface area contributed by atoms with Gasteiger partial charge in [-0.05, 0) is 13.8 Å². The fourth-order valence-electron chi connectivity index (χ4n) is 1.65. The minimum atomic E-state index is -0.867. The third-order valence-electron chi connectivity index (χ3n) is 2.14. The first-order valence-electron chi connectivity index (χ1n) is 4.15. The zero-order chi connectivity index (χ0) is 9.35. The molecule has 0 unspecified atom stereocenters. The van der Waals surface area contributed by atoms with Crippen LogP contribution >= 0.6 is 0 Å². The molecule has 0 atom stereocenters. The molecule has 0 heterocycles. The number of nitrogens with one attached hydrogen (secondary N) is 1. The second kappa shape index (κ2) is 3.03. The Morgan fingerprint density at radius 2 is 2.08 bits per heavy atom. The molecule has 0 radical (unpaired) electrons. The van der Waals surface area contributed by atoms with Crippen molar-refractivity contribution in [3.05, 3.63) is 0 Å². The van der Waals surface area contributed by atoms with Crippen molar-refractivity contribution in [2.24, 2.45) is 0 Å². The number of carboxylic acids is 1. The molecule has 0 aliphatic heterocycles. The Hall–Kier alpha value is -0.610. The Kier molecular flexibility index (Phi) is 2.39. The van der Waals surface area contributed by atoms with Gasteiger partial charge in [0.25, 0.3) is 0 Å². The highest BCUT2D eigenvalue weighted by molar-refractivity contribution is 5.80. The summed E-state index contributed by atoms with van der Waals surface area (Å²) in [5.41, 5.74) is -0.867. The SMILES string of the molecule is CC(C)NC1(C(=O)O)CC(O)C1. The quantitative estimate of drug-likeness (QED) is 0.560. The van der Waals surface area contributed by atoms with Gasteiger partial charge in [0.1, 0.15) is 5.54 Å². The van der Waals surface area contributed by atoms with Crippen LogP contribution in [0.1, 0.15) is 26.7 Å². The molecule has 0 amide bonds. The normalized spacial score (nSPS) is 34.8. The fraction of sp³-hybridized carbons (Fsp3) is 0.875. The van der Waals surface area contributed by atoms with Crippen LogP contribution in [0.15, 0.2) is 0 Å². The highest BCUT2D eigenvalue weighted by atomic mass is 16.4. The minimum absolute atomic E-state index is 0.133. The van der Waals surface area contributed by atoms with E-state index in [2.05, 4.69) is 5.32 Å². The van der Waals surface area contributed by atoms with Crippen molar-refractivity contribution < 1.29 is 15.0 Å². The number of hydrogen-bond donors (Lipinski definition) is 3. The number of rotatable bonds is 3. The zero-order valence-corrected chi connectivity index (χ0v) is 7.37. The monoisotopic (exact) mass is 173 g/mol. The van der Waals surface area contributed by atoms with Crippen LogP contribution in [0, 0.1) is 0 Å². The number of carbonyl (C=O) groups is 1. The van der Waals surface area contributed by atoms with Gasteiger partial charge in [-0.25, -0.2) is 0 Å². The van der Waals surface area contributed by atoms with Gasteiger partial charge in [0.2, 0.25) is 0 Å². The van der Waals surface area contributed by atoms with Gasteiger partial charge in [-0.3, -0.25) is 10.1 Å². The molecule has 1 aliphatic rings. The van der Waals surface area contributed by atoms with E-state index in [0.717, 1.165) is 0 Å². The lowest BCUT2D eigenvalue weighted by Crippen LogP contribution is -2.64. The Morgan fingerprint density at radius 3 is 2.33 bits per heavy atom. The molecule has 0 bridgehead atoms. The maximum atomic E-state index is 10.8. The van der Waals surface area contributed by atoms with Gasteiger partial charge < -0.3 is 10.2 Å². The zero-order valence-electron chi connectivity index (χ0n) is 7.37. The van der Waals surface area contributed by atoms with Crippen LogP contribution < -0.4 is 5.32 Å². The van der Waals surface area contributed by atoms with Crippen LogP contribution in [0.25, 0.3) is 0 Å².